The Morgan fingerprint density at radius 1 is 0.882 bits per heavy atom. The summed E-state index contributed by atoms with van der Waals surface area (Å²) in [7, 11) is 4.82. The molecule has 172 valence electrons. The Balaban J connectivity index is 1.71. The third-order valence-electron chi connectivity index (χ3n) is 5.96. The number of benzene rings is 3. The molecule has 0 spiro atoms. The summed E-state index contributed by atoms with van der Waals surface area (Å²) < 4.78 is 17.2. The molecule has 1 atom stereocenters. The number of ether oxygens (including phenoxy) is 3. The number of amides is 1. The van der Waals surface area contributed by atoms with Gasteiger partial charge in [-0.1, -0.05) is 22.0 Å². The summed E-state index contributed by atoms with van der Waals surface area (Å²) in [6, 6.07) is 20.6. The van der Waals surface area contributed by atoms with E-state index in [0.29, 0.717) is 22.9 Å². The van der Waals surface area contributed by atoms with Crippen molar-refractivity contribution in [3.8, 4) is 28.5 Å². The molecule has 1 aliphatic rings. The number of hydrogen-bond donors (Lipinski definition) is 1. The first-order chi connectivity index (χ1) is 16.5. The highest BCUT2D eigenvalue weighted by Gasteiger charge is 2.43. The Labute approximate surface area is 205 Å². The standard InChI is InChI=1S/C26H22BrN3O4/c1-32-19-11-4-15(5-12-19)23-22-24(29-28-23)26(31)30(18-9-7-17(27)8-10-18)25(22)16-6-13-20(33-2)21(14-16)34-3/h4-14,25H,1-3H3,(H,28,29)/t25-/m1/s1. The lowest BCUT2D eigenvalue weighted by Gasteiger charge is -2.27. The average molecular weight is 520 g/mol. The molecule has 4 aromatic rings. The highest BCUT2D eigenvalue weighted by Crippen LogP contribution is 2.46. The van der Waals surface area contributed by atoms with Gasteiger partial charge in [0, 0.05) is 21.3 Å². The normalized spacial score (nSPS) is 14.8. The molecule has 0 fully saturated rings. The van der Waals surface area contributed by atoms with Gasteiger partial charge in [-0.05, 0) is 66.2 Å². The van der Waals surface area contributed by atoms with Crippen molar-refractivity contribution >= 4 is 27.5 Å². The first-order valence-corrected chi connectivity index (χ1v) is 11.4. The molecule has 3 aromatic carbocycles. The molecule has 1 N–H and O–H groups in total. The van der Waals surface area contributed by atoms with Crippen LogP contribution in [0.25, 0.3) is 11.3 Å². The number of methoxy groups -OCH3 is 3. The first kappa shape index (κ1) is 22.0. The van der Waals surface area contributed by atoms with Crippen LogP contribution in [0.3, 0.4) is 0 Å². The van der Waals surface area contributed by atoms with Crippen LogP contribution in [0.5, 0.6) is 17.2 Å². The molecule has 1 aliphatic heterocycles. The first-order valence-electron chi connectivity index (χ1n) is 10.6. The molecule has 1 amide bonds. The van der Waals surface area contributed by atoms with Gasteiger partial charge in [0.2, 0.25) is 0 Å². The van der Waals surface area contributed by atoms with E-state index in [1.54, 1.807) is 26.2 Å². The summed E-state index contributed by atoms with van der Waals surface area (Å²) in [5, 5.41) is 7.52. The minimum atomic E-state index is -0.417. The molecule has 2 heterocycles. The molecule has 0 unspecified atom stereocenters. The fourth-order valence-electron chi connectivity index (χ4n) is 4.32. The second-order valence-electron chi connectivity index (χ2n) is 7.76. The minimum absolute atomic E-state index is 0.149. The molecule has 8 heteroatoms. The molecule has 34 heavy (non-hydrogen) atoms. The summed E-state index contributed by atoms with van der Waals surface area (Å²) in [5.74, 6) is 1.81. The van der Waals surface area contributed by atoms with Crippen molar-refractivity contribution in [2.24, 2.45) is 0 Å². The van der Waals surface area contributed by atoms with Gasteiger partial charge in [-0.2, -0.15) is 5.10 Å². The maximum absolute atomic E-state index is 13.7. The number of carbonyl (C=O) groups is 1. The number of halogens is 1. The molecule has 0 aliphatic carbocycles. The van der Waals surface area contributed by atoms with Crippen LogP contribution in [0.1, 0.15) is 27.7 Å². The van der Waals surface area contributed by atoms with Crippen molar-refractivity contribution in [1.82, 2.24) is 10.2 Å². The van der Waals surface area contributed by atoms with Gasteiger partial charge in [0.25, 0.3) is 5.91 Å². The van der Waals surface area contributed by atoms with Crippen LogP contribution in [0.2, 0.25) is 0 Å². The fourth-order valence-corrected chi connectivity index (χ4v) is 4.59. The fraction of sp³-hybridized carbons (Fsp3) is 0.154. The predicted molar refractivity (Wildman–Crippen MR) is 133 cm³/mol. The number of aromatic amines is 1. The summed E-state index contributed by atoms with van der Waals surface area (Å²) in [6.07, 6.45) is 0. The average Bonchev–Trinajstić information content (AvgIpc) is 3.43. The van der Waals surface area contributed by atoms with Gasteiger partial charge in [0.1, 0.15) is 11.4 Å². The van der Waals surface area contributed by atoms with Gasteiger partial charge >= 0.3 is 0 Å². The number of rotatable bonds is 6. The topological polar surface area (TPSA) is 76.7 Å². The Morgan fingerprint density at radius 2 is 1.59 bits per heavy atom. The third kappa shape index (κ3) is 3.60. The van der Waals surface area contributed by atoms with Crippen molar-refractivity contribution in [3.05, 3.63) is 88.0 Å². The van der Waals surface area contributed by atoms with Crippen LogP contribution < -0.4 is 19.1 Å². The number of H-pyrrole nitrogens is 1. The quantitative estimate of drug-likeness (QED) is 0.358. The molecule has 7 nitrogen and oxygen atoms in total. The van der Waals surface area contributed by atoms with Gasteiger partial charge in [0.05, 0.1) is 33.1 Å². The molecule has 0 saturated heterocycles. The Kier molecular flexibility index (Phi) is 5.75. The number of aromatic nitrogens is 2. The van der Waals surface area contributed by atoms with Crippen LogP contribution in [-0.2, 0) is 0 Å². The van der Waals surface area contributed by atoms with E-state index in [9.17, 15) is 4.79 Å². The zero-order chi connectivity index (χ0) is 23.8. The summed E-state index contributed by atoms with van der Waals surface area (Å²) in [4.78, 5) is 15.4. The van der Waals surface area contributed by atoms with Crippen molar-refractivity contribution in [2.45, 2.75) is 6.04 Å². The number of carbonyl (C=O) groups excluding carboxylic acids is 1. The Morgan fingerprint density at radius 3 is 2.24 bits per heavy atom. The van der Waals surface area contributed by atoms with Crippen molar-refractivity contribution < 1.29 is 19.0 Å². The van der Waals surface area contributed by atoms with E-state index in [-0.39, 0.29) is 5.91 Å². The number of hydrogen-bond acceptors (Lipinski definition) is 5. The lowest BCUT2D eigenvalue weighted by atomic mass is 9.95. The third-order valence-corrected chi connectivity index (χ3v) is 6.49. The number of fused-ring (bicyclic) bond motifs is 1. The van der Waals surface area contributed by atoms with Gasteiger partial charge in [-0.3, -0.25) is 14.8 Å². The predicted octanol–water partition coefficient (Wildman–Crippen LogP) is 5.61. The molecular formula is C26H22BrN3O4. The molecule has 0 radical (unpaired) electrons. The number of nitrogens with one attached hydrogen (secondary N) is 1. The zero-order valence-corrected chi connectivity index (χ0v) is 20.4. The van der Waals surface area contributed by atoms with Crippen LogP contribution >= 0.6 is 15.9 Å². The highest BCUT2D eigenvalue weighted by atomic mass is 79.9. The van der Waals surface area contributed by atoms with Crippen LogP contribution in [0, 0.1) is 0 Å². The monoisotopic (exact) mass is 519 g/mol. The molecule has 5 rings (SSSR count). The largest absolute Gasteiger partial charge is 0.497 e. The van der Waals surface area contributed by atoms with Gasteiger partial charge in [-0.25, -0.2) is 0 Å². The second kappa shape index (κ2) is 8.87. The van der Waals surface area contributed by atoms with Gasteiger partial charge in [-0.15, -0.1) is 0 Å². The number of nitrogens with zero attached hydrogens (tertiary/aromatic N) is 2. The molecule has 0 saturated carbocycles. The maximum atomic E-state index is 13.7. The lowest BCUT2D eigenvalue weighted by molar-refractivity contribution is 0.0988. The SMILES string of the molecule is COc1ccc(-c2n[nH]c3c2[C@@H](c2ccc(OC)c(OC)c2)N(c2ccc(Br)cc2)C3=O)cc1. The molecule has 0 bridgehead atoms. The summed E-state index contributed by atoms with van der Waals surface area (Å²) in [5.41, 5.74) is 4.53. The van der Waals surface area contributed by atoms with Crippen molar-refractivity contribution in [3.63, 3.8) is 0 Å². The highest BCUT2D eigenvalue weighted by molar-refractivity contribution is 9.10. The number of anilines is 1. The van der Waals surface area contributed by atoms with E-state index in [1.165, 1.54) is 0 Å². The Bertz CT molecular complexity index is 1350. The molecular weight excluding hydrogens is 498 g/mol. The summed E-state index contributed by atoms with van der Waals surface area (Å²) >= 11 is 3.48. The van der Waals surface area contributed by atoms with E-state index >= 15 is 0 Å². The minimum Gasteiger partial charge on any atom is -0.497 e. The van der Waals surface area contributed by atoms with Crippen LogP contribution in [0.4, 0.5) is 5.69 Å². The zero-order valence-electron chi connectivity index (χ0n) is 18.8. The van der Waals surface area contributed by atoms with E-state index < -0.39 is 6.04 Å². The van der Waals surface area contributed by atoms with Crippen LogP contribution in [-0.4, -0.2) is 37.4 Å². The van der Waals surface area contributed by atoms with Crippen molar-refractivity contribution in [2.75, 3.05) is 26.2 Å². The van der Waals surface area contributed by atoms with E-state index in [4.69, 9.17) is 14.2 Å². The van der Waals surface area contributed by atoms with E-state index in [0.717, 1.165) is 32.6 Å². The molecule has 1 aromatic heterocycles. The van der Waals surface area contributed by atoms with Gasteiger partial charge < -0.3 is 14.2 Å². The van der Waals surface area contributed by atoms with Gasteiger partial charge in [0.15, 0.2) is 11.5 Å². The van der Waals surface area contributed by atoms with Crippen molar-refractivity contribution in [1.29, 1.82) is 0 Å². The maximum Gasteiger partial charge on any atom is 0.277 e. The smallest absolute Gasteiger partial charge is 0.277 e. The summed E-state index contributed by atoms with van der Waals surface area (Å²) in [6.45, 7) is 0. The van der Waals surface area contributed by atoms with Crippen LogP contribution in [0.15, 0.2) is 71.2 Å². The second-order valence-corrected chi connectivity index (χ2v) is 8.67. The lowest BCUT2D eigenvalue weighted by Crippen LogP contribution is -2.29. The Hall–Kier alpha value is -3.78. The van der Waals surface area contributed by atoms with E-state index in [1.807, 2.05) is 66.7 Å². The van der Waals surface area contributed by atoms with E-state index in [2.05, 4.69) is 26.1 Å².